The van der Waals surface area contributed by atoms with Crippen molar-refractivity contribution >= 4 is 17.5 Å². The Labute approximate surface area is 261 Å². The molecule has 230 valence electrons. The summed E-state index contributed by atoms with van der Waals surface area (Å²) in [5.41, 5.74) is 1.46. The van der Waals surface area contributed by atoms with Crippen LogP contribution in [-0.2, 0) is 23.4 Å². The fraction of sp³-hybridized carbons (Fsp3) is 0.571. The Bertz CT molecular complexity index is 1290. The maximum Gasteiger partial charge on any atom is 0.240 e. The van der Waals surface area contributed by atoms with Crippen molar-refractivity contribution in [1.82, 2.24) is 25.0 Å². The van der Waals surface area contributed by atoms with Crippen molar-refractivity contribution < 1.29 is 9.90 Å². The van der Waals surface area contributed by atoms with E-state index in [9.17, 15) is 9.90 Å². The molecular weight excluding hydrogens is 558 g/mol. The van der Waals surface area contributed by atoms with Crippen molar-refractivity contribution in [2.75, 3.05) is 13.1 Å². The number of piperidine rings is 1. The summed E-state index contributed by atoms with van der Waals surface area (Å²) in [5, 5.41) is 20.3. The zero-order chi connectivity index (χ0) is 29.7. The number of aromatic nitrogens is 3. The van der Waals surface area contributed by atoms with E-state index in [0.717, 1.165) is 56.4 Å². The summed E-state index contributed by atoms with van der Waals surface area (Å²) in [4.78, 5) is 20.6. The number of likely N-dealkylation sites (tertiary alicyclic amines) is 1. The molecule has 2 aromatic carbocycles. The van der Waals surface area contributed by atoms with Crippen LogP contribution in [0.1, 0.15) is 81.8 Å². The van der Waals surface area contributed by atoms with Gasteiger partial charge in [-0.05, 0) is 92.4 Å². The molecule has 3 fully saturated rings. The summed E-state index contributed by atoms with van der Waals surface area (Å²) in [6.45, 7) is 2.45. The van der Waals surface area contributed by atoms with E-state index in [0.29, 0.717) is 30.2 Å². The van der Waals surface area contributed by atoms with Crippen LogP contribution in [-0.4, -0.2) is 55.9 Å². The lowest BCUT2D eigenvalue weighted by Crippen LogP contribution is -2.56. The van der Waals surface area contributed by atoms with Crippen LogP contribution in [0.25, 0.3) is 0 Å². The molecule has 1 atom stereocenters. The quantitative estimate of drug-likeness (QED) is 0.306. The van der Waals surface area contributed by atoms with Crippen LogP contribution in [0.4, 0.5) is 0 Å². The first-order chi connectivity index (χ1) is 20.9. The van der Waals surface area contributed by atoms with Crippen LogP contribution >= 0.6 is 11.6 Å². The summed E-state index contributed by atoms with van der Waals surface area (Å²) in [5.74, 6) is 0.869. The summed E-state index contributed by atoms with van der Waals surface area (Å²) in [6, 6.07) is 17.8. The Morgan fingerprint density at radius 3 is 2.30 bits per heavy atom. The predicted molar refractivity (Wildman–Crippen MR) is 170 cm³/mol. The summed E-state index contributed by atoms with van der Waals surface area (Å²) >= 11 is 6.18. The van der Waals surface area contributed by atoms with Gasteiger partial charge in [-0.1, -0.05) is 73.3 Å². The Morgan fingerprint density at radius 1 is 0.953 bits per heavy atom. The predicted octanol–water partition coefficient (Wildman–Crippen LogP) is 6.15. The van der Waals surface area contributed by atoms with Gasteiger partial charge < -0.3 is 15.3 Å². The zero-order valence-corrected chi connectivity index (χ0v) is 26.0. The summed E-state index contributed by atoms with van der Waals surface area (Å²) < 4.78 is 2.01. The van der Waals surface area contributed by atoms with Gasteiger partial charge >= 0.3 is 0 Å². The van der Waals surface area contributed by atoms with Gasteiger partial charge in [-0.15, -0.1) is 0 Å². The van der Waals surface area contributed by atoms with Gasteiger partial charge in [0.25, 0.3) is 0 Å². The van der Waals surface area contributed by atoms with E-state index >= 15 is 0 Å². The monoisotopic (exact) mass is 603 g/mol. The molecule has 2 saturated carbocycles. The molecule has 1 amide bonds. The van der Waals surface area contributed by atoms with Gasteiger partial charge in [0.1, 0.15) is 12.7 Å². The minimum absolute atomic E-state index is 0.162. The minimum Gasteiger partial charge on any atom is -0.385 e. The van der Waals surface area contributed by atoms with Crippen molar-refractivity contribution in [2.45, 2.75) is 101 Å². The van der Waals surface area contributed by atoms with Crippen LogP contribution in [0.5, 0.6) is 0 Å². The lowest BCUT2D eigenvalue weighted by atomic mass is 9.63. The number of hydrogen-bond donors (Lipinski definition) is 2. The molecule has 2 N–H and O–H groups in total. The van der Waals surface area contributed by atoms with Crippen molar-refractivity contribution in [3.8, 4) is 0 Å². The summed E-state index contributed by atoms with van der Waals surface area (Å²) in [6.07, 6.45) is 15.6. The molecule has 2 heterocycles. The van der Waals surface area contributed by atoms with Gasteiger partial charge in [-0.3, -0.25) is 9.48 Å². The number of amides is 1. The lowest BCUT2D eigenvalue weighted by molar-refractivity contribution is -0.137. The molecule has 0 spiro atoms. The van der Waals surface area contributed by atoms with E-state index in [1.165, 1.54) is 32.1 Å². The van der Waals surface area contributed by atoms with E-state index in [1.54, 1.807) is 6.33 Å². The molecule has 0 bridgehead atoms. The molecular formula is C35H46ClN5O2. The third kappa shape index (κ3) is 7.16. The fourth-order valence-electron chi connectivity index (χ4n) is 8.10. The lowest BCUT2D eigenvalue weighted by Gasteiger charge is -2.48. The molecule has 3 aliphatic rings. The van der Waals surface area contributed by atoms with Gasteiger partial charge in [-0.2, -0.15) is 5.10 Å². The first-order valence-corrected chi connectivity index (χ1v) is 16.7. The molecule has 8 heteroatoms. The molecule has 1 saturated heterocycles. The minimum atomic E-state index is -0.797. The van der Waals surface area contributed by atoms with Crippen LogP contribution in [0.2, 0.25) is 5.02 Å². The molecule has 0 radical (unpaired) electrons. The standard InChI is InChI=1S/C35H46ClN5O2/c36-30-13-11-27(12-14-30)23-32(39-31-15-17-35(43,18-16-31)29-9-5-2-6-10-29)33(42)40-21-19-34(20-22-40,24-41-26-37-25-38-41)28-7-3-1-4-8-28/h2,5-6,9-14,25-26,28,31-32,39,43H,1,3-4,7-8,15-24H2/t31-,32-,35+/m1/s1. The third-order valence-corrected chi connectivity index (χ3v) is 10.9. The zero-order valence-electron chi connectivity index (χ0n) is 25.2. The van der Waals surface area contributed by atoms with Gasteiger partial charge in [0, 0.05) is 30.7 Å². The van der Waals surface area contributed by atoms with E-state index in [2.05, 4.69) is 20.3 Å². The van der Waals surface area contributed by atoms with Crippen molar-refractivity contribution in [2.24, 2.45) is 11.3 Å². The summed E-state index contributed by atoms with van der Waals surface area (Å²) in [7, 11) is 0. The van der Waals surface area contributed by atoms with Crippen LogP contribution in [0, 0.1) is 11.3 Å². The van der Waals surface area contributed by atoms with Crippen LogP contribution < -0.4 is 5.32 Å². The first-order valence-electron chi connectivity index (χ1n) is 16.3. The topological polar surface area (TPSA) is 83.3 Å². The molecule has 43 heavy (non-hydrogen) atoms. The van der Waals surface area contributed by atoms with Gasteiger partial charge in [0.2, 0.25) is 5.91 Å². The second kappa shape index (κ2) is 13.5. The van der Waals surface area contributed by atoms with Crippen molar-refractivity contribution in [3.63, 3.8) is 0 Å². The maximum absolute atomic E-state index is 14.3. The Hall–Kier alpha value is -2.74. The highest BCUT2D eigenvalue weighted by atomic mass is 35.5. The van der Waals surface area contributed by atoms with Crippen LogP contribution in [0.15, 0.2) is 67.3 Å². The number of benzene rings is 2. The number of carbonyl (C=O) groups is 1. The smallest absolute Gasteiger partial charge is 0.240 e. The van der Waals surface area contributed by atoms with Gasteiger partial charge in [-0.25, -0.2) is 4.98 Å². The average molecular weight is 604 g/mol. The van der Waals surface area contributed by atoms with Crippen molar-refractivity contribution in [3.05, 3.63) is 83.4 Å². The van der Waals surface area contributed by atoms with E-state index in [-0.39, 0.29) is 23.4 Å². The van der Waals surface area contributed by atoms with Crippen molar-refractivity contribution in [1.29, 1.82) is 0 Å². The van der Waals surface area contributed by atoms with E-state index in [1.807, 2.05) is 65.6 Å². The van der Waals surface area contributed by atoms with Gasteiger partial charge in [0.05, 0.1) is 11.6 Å². The number of carbonyl (C=O) groups excluding carboxylic acids is 1. The highest BCUT2D eigenvalue weighted by Gasteiger charge is 2.44. The SMILES string of the molecule is O=C([C@@H](Cc1ccc(Cl)cc1)N[C@H]1CC[C@](O)(c2ccccc2)CC1)N1CCC(Cn2cncn2)(C2CCCCC2)CC1. The number of rotatable bonds is 9. The number of hydrogen-bond acceptors (Lipinski definition) is 5. The van der Waals surface area contributed by atoms with E-state index in [4.69, 9.17) is 11.6 Å². The Balaban J connectivity index is 1.14. The maximum atomic E-state index is 14.3. The largest absolute Gasteiger partial charge is 0.385 e. The molecule has 6 rings (SSSR count). The number of nitrogens with zero attached hydrogens (tertiary/aromatic N) is 4. The molecule has 3 aromatic rings. The molecule has 0 unspecified atom stereocenters. The number of nitrogens with one attached hydrogen (secondary N) is 1. The van der Waals surface area contributed by atoms with E-state index < -0.39 is 5.60 Å². The number of halogens is 1. The van der Waals surface area contributed by atoms with Gasteiger partial charge in [0.15, 0.2) is 0 Å². The third-order valence-electron chi connectivity index (χ3n) is 10.7. The molecule has 1 aromatic heterocycles. The van der Waals surface area contributed by atoms with Crippen LogP contribution in [0.3, 0.4) is 0 Å². The normalized spacial score (nSPS) is 25.3. The highest BCUT2D eigenvalue weighted by Crippen LogP contribution is 2.47. The molecule has 7 nitrogen and oxygen atoms in total. The molecule has 1 aliphatic heterocycles. The Morgan fingerprint density at radius 2 is 1.65 bits per heavy atom. The second-order valence-electron chi connectivity index (χ2n) is 13.3. The average Bonchev–Trinajstić information content (AvgIpc) is 3.56. The Kier molecular flexibility index (Phi) is 9.51. The number of aliphatic hydroxyl groups is 1. The first kappa shape index (κ1) is 30.3. The molecule has 2 aliphatic carbocycles. The highest BCUT2D eigenvalue weighted by molar-refractivity contribution is 6.30. The fourth-order valence-corrected chi connectivity index (χ4v) is 8.22. The second-order valence-corrected chi connectivity index (χ2v) is 13.8.